The first-order valence-corrected chi connectivity index (χ1v) is 6.17. The van der Waals surface area contributed by atoms with Crippen LogP contribution in [0.1, 0.15) is 40.0 Å². The Labute approximate surface area is 94.3 Å². The average molecular weight is 263 g/mol. The molecule has 1 N–H and O–H groups in total. The number of hydrazine groups is 1. The van der Waals surface area contributed by atoms with Crippen molar-refractivity contribution in [2.45, 2.75) is 56.9 Å². The van der Waals surface area contributed by atoms with Gasteiger partial charge in [-0.25, -0.2) is 5.01 Å². The van der Waals surface area contributed by atoms with Crippen molar-refractivity contribution in [2.75, 3.05) is 0 Å². The van der Waals surface area contributed by atoms with Crippen LogP contribution < -0.4 is 5.43 Å². The van der Waals surface area contributed by atoms with Crippen LogP contribution in [0.3, 0.4) is 0 Å². The van der Waals surface area contributed by atoms with Crippen molar-refractivity contribution >= 4 is 21.8 Å². The first-order valence-electron chi connectivity index (χ1n) is 5.25. The van der Waals surface area contributed by atoms with Crippen molar-refractivity contribution in [1.82, 2.24) is 10.4 Å². The third-order valence-corrected chi connectivity index (χ3v) is 3.21. The van der Waals surface area contributed by atoms with Crippen molar-refractivity contribution in [3.63, 3.8) is 0 Å². The summed E-state index contributed by atoms with van der Waals surface area (Å²) < 4.78 is 0. The normalized spacial score (nSPS) is 31.1. The highest BCUT2D eigenvalue weighted by Crippen LogP contribution is 2.20. The number of piperidine rings is 1. The molecule has 0 aliphatic carbocycles. The second-order valence-electron chi connectivity index (χ2n) is 4.13. The van der Waals surface area contributed by atoms with Gasteiger partial charge in [-0.2, -0.15) is 0 Å². The van der Waals surface area contributed by atoms with E-state index in [1.807, 2.05) is 6.92 Å². The Bertz CT molecular complexity index is 198. The fourth-order valence-corrected chi connectivity index (χ4v) is 1.96. The van der Waals surface area contributed by atoms with E-state index in [-0.39, 0.29) is 10.7 Å². The molecule has 1 heterocycles. The molecule has 3 unspecified atom stereocenters. The van der Waals surface area contributed by atoms with Gasteiger partial charge in [-0.3, -0.25) is 10.2 Å². The van der Waals surface area contributed by atoms with Gasteiger partial charge >= 0.3 is 0 Å². The molecule has 4 heteroatoms. The minimum atomic E-state index is -0.121. The van der Waals surface area contributed by atoms with Gasteiger partial charge in [0.2, 0.25) is 5.91 Å². The monoisotopic (exact) mass is 262 g/mol. The maximum atomic E-state index is 11.5. The Hall–Kier alpha value is -0.0900. The van der Waals surface area contributed by atoms with Crippen LogP contribution in [0.2, 0.25) is 0 Å². The van der Waals surface area contributed by atoms with Crippen LogP contribution in [-0.2, 0) is 4.79 Å². The molecule has 1 saturated heterocycles. The van der Waals surface area contributed by atoms with Gasteiger partial charge < -0.3 is 0 Å². The molecule has 0 bridgehead atoms. The highest BCUT2D eigenvalue weighted by Gasteiger charge is 2.26. The summed E-state index contributed by atoms with van der Waals surface area (Å²) in [4.78, 5) is 11.4. The van der Waals surface area contributed by atoms with Gasteiger partial charge in [-0.05, 0) is 33.6 Å². The second-order valence-corrected chi connectivity index (χ2v) is 5.50. The number of carbonyl (C=O) groups excluding carboxylic acids is 1. The molecule has 0 radical (unpaired) electrons. The number of alkyl halides is 1. The predicted molar refractivity (Wildman–Crippen MR) is 61.1 cm³/mol. The maximum Gasteiger partial charge on any atom is 0.247 e. The van der Waals surface area contributed by atoms with E-state index in [1.54, 1.807) is 0 Å². The summed E-state index contributed by atoms with van der Waals surface area (Å²) in [5.74, 6) is 0.0469. The average Bonchev–Trinajstić information content (AvgIpc) is 2.11. The van der Waals surface area contributed by atoms with Crippen LogP contribution in [0.25, 0.3) is 0 Å². The predicted octanol–water partition coefficient (Wildman–Crippen LogP) is 2.06. The van der Waals surface area contributed by atoms with E-state index in [2.05, 4.69) is 40.2 Å². The van der Waals surface area contributed by atoms with Gasteiger partial charge in [0.1, 0.15) is 0 Å². The van der Waals surface area contributed by atoms with Gasteiger partial charge in [0, 0.05) is 12.1 Å². The van der Waals surface area contributed by atoms with Crippen LogP contribution >= 0.6 is 15.9 Å². The smallest absolute Gasteiger partial charge is 0.247 e. The molecule has 0 aromatic heterocycles. The van der Waals surface area contributed by atoms with Crippen molar-refractivity contribution in [3.8, 4) is 0 Å². The number of hydrogen-bond donors (Lipinski definition) is 1. The van der Waals surface area contributed by atoms with Gasteiger partial charge in [0.05, 0.1) is 4.83 Å². The molecule has 3 atom stereocenters. The summed E-state index contributed by atoms with van der Waals surface area (Å²) in [5.41, 5.74) is 2.97. The summed E-state index contributed by atoms with van der Waals surface area (Å²) in [7, 11) is 0. The lowest BCUT2D eigenvalue weighted by Gasteiger charge is -2.38. The quantitative estimate of drug-likeness (QED) is 0.773. The highest BCUT2D eigenvalue weighted by atomic mass is 79.9. The van der Waals surface area contributed by atoms with Gasteiger partial charge in [-0.1, -0.05) is 22.4 Å². The minimum absolute atomic E-state index is 0.0469. The van der Waals surface area contributed by atoms with Crippen LogP contribution in [0.5, 0.6) is 0 Å². The lowest BCUT2D eigenvalue weighted by Crippen LogP contribution is -2.55. The second kappa shape index (κ2) is 5.12. The van der Waals surface area contributed by atoms with E-state index in [0.717, 1.165) is 0 Å². The summed E-state index contributed by atoms with van der Waals surface area (Å²) in [6.07, 6.45) is 3.60. The summed E-state index contributed by atoms with van der Waals surface area (Å²) in [5, 5.41) is 2.09. The van der Waals surface area contributed by atoms with E-state index in [4.69, 9.17) is 0 Å². The van der Waals surface area contributed by atoms with Crippen molar-refractivity contribution in [1.29, 1.82) is 0 Å². The number of halogens is 1. The summed E-state index contributed by atoms with van der Waals surface area (Å²) in [6, 6.07) is 0.905. The summed E-state index contributed by atoms with van der Waals surface area (Å²) >= 11 is 3.27. The molecule has 1 aliphatic rings. The highest BCUT2D eigenvalue weighted by molar-refractivity contribution is 9.10. The largest absolute Gasteiger partial charge is 0.287 e. The van der Waals surface area contributed by atoms with E-state index in [1.165, 1.54) is 19.3 Å². The third kappa shape index (κ3) is 2.95. The molecule has 3 nitrogen and oxygen atoms in total. The standard InChI is InChI=1S/C10H19BrN2O/c1-7-5-4-6-8(2)13(7)12-10(14)9(3)11/h7-9H,4-6H2,1-3H3,(H,12,14). The Morgan fingerprint density at radius 1 is 1.43 bits per heavy atom. The molecule has 1 amide bonds. The van der Waals surface area contributed by atoms with E-state index in [9.17, 15) is 4.79 Å². The zero-order valence-electron chi connectivity index (χ0n) is 9.09. The Kier molecular flexibility index (Phi) is 4.38. The van der Waals surface area contributed by atoms with Crippen molar-refractivity contribution < 1.29 is 4.79 Å². The molecule has 0 spiro atoms. The molecule has 1 rings (SSSR count). The molecular formula is C10H19BrN2O. The zero-order chi connectivity index (χ0) is 10.7. The van der Waals surface area contributed by atoms with Gasteiger partial charge in [0.25, 0.3) is 0 Å². The molecule has 1 fully saturated rings. The van der Waals surface area contributed by atoms with Crippen LogP contribution in [0.4, 0.5) is 0 Å². The van der Waals surface area contributed by atoms with Crippen molar-refractivity contribution in [3.05, 3.63) is 0 Å². The fourth-order valence-electron chi connectivity index (χ4n) is 1.86. The zero-order valence-corrected chi connectivity index (χ0v) is 10.7. The van der Waals surface area contributed by atoms with E-state index in [0.29, 0.717) is 12.1 Å². The number of hydrogen-bond acceptors (Lipinski definition) is 2. The third-order valence-electron chi connectivity index (χ3n) is 2.79. The minimum Gasteiger partial charge on any atom is -0.287 e. The number of amides is 1. The van der Waals surface area contributed by atoms with Crippen LogP contribution in [0.15, 0.2) is 0 Å². The van der Waals surface area contributed by atoms with Gasteiger partial charge in [0.15, 0.2) is 0 Å². The van der Waals surface area contributed by atoms with E-state index >= 15 is 0 Å². The topological polar surface area (TPSA) is 32.3 Å². The molecule has 14 heavy (non-hydrogen) atoms. The first-order chi connectivity index (χ1) is 6.52. The SMILES string of the molecule is CC(Br)C(=O)NN1C(C)CCCC1C. The first kappa shape index (κ1) is 12.0. The Morgan fingerprint density at radius 2 is 1.93 bits per heavy atom. The molecule has 0 aromatic rings. The van der Waals surface area contributed by atoms with Gasteiger partial charge in [-0.15, -0.1) is 0 Å². The molecular weight excluding hydrogens is 244 g/mol. The maximum absolute atomic E-state index is 11.5. The number of nitrogens with one attached hydrogen (secondary N) is 1. The Balaban J connectivity index is 2.52. The van der Waals surface area contributed by atoms with Crippen molar-refractivity contribution in [2.24, 2.45) is 0 Å². The number of carbonyl (C=O) groups is 1. The molecule has 0 saturated carbocycles. The van der Waals surface area contributed by atoms with E-state index < -0.39 is 0 Å². The Morgan fingerprint density at radius 3 is 2.36 bits per heavy atom. The number of nitrogens with zero attached hydrogens (tertiary/aromatic N) is 1. The lowest BCUT2D eigenvalue weighted by atomic mass is 10.00. The lowest BCUT2D eigenvalue weighted by molar-refractivity contribution is -0.128. The fraction of sp³-hybridized carbons (Fsp3) is 0.900. The molecule has 1 aliphatic heterocycles. The van der Waals surface area contributed by atoms with Crippen LogP contribution in [-0.4, -0.2) is 27.8 Å². The number of rotatable bonds is 2. The molecule has 82 valence electrons. The summed E-state index contributed by atoms with van der Waals surface area (Å²) in [6.45, 7) is 6.16. The molecule has 0 aromatic carbocycles. The van der Waals surface area contributed by atoms with Crippen LogP contribution in [0, 0.1) is 0 Å².